The molecule has 0 aliphatic rings. The average molecular weight is 414 g/mol. The third kappa shape index (κ3) is 3.46. The number of methoxy groups -OCH3 is 1. The van der Waals surface area contributed by atoms with E-state index in [1.165, 1.54) is 5.56 Å². The lowest BCUT2D eigenvalue weighted by atomic mass is 10.2. The van der Waals surface area contributed by atoms with Crippen molar-refractivity contribution in [2.45, 2.75) is 27.0 Å². The van der Waals surface area contributed by atoms with Gasteiger partial charge in [-0.3, -0.25) is 4.98 Å². The predicted octanol–water partition coefficient (Wildman–Crippen LogP) is 3.73. The van der Waals surface area contributed by atoms with Crippen molar-refractivity contribution in [2.75, 3.05) is 7.11 Å². The largest absolute Gasteiger partial charge is 0.497 e. The van der Waals surface area contributed by atoms with Gasteiger partial charge in [-0.2, -0.15) is 0 Å². The number of fused-ring (bicyclic) bond motifs is 3. The summed E-state index contributed by atoms with van der Waals surface area (Å²) in [6.07, 6.45) is 5.33. The lowest BCUT2D eigenvalue weighted by molar-refractivity contribution is 0.295. The Morgan fingerprint density at radius 2 is 1.68 bits per heavy atom. The van der Waals surface area contributed by atoms with Crippen LogP contribution in [0, 0.1) is 13.8 Å². The summed E-state index contributed by atoms with van der Waals surface area (Å²) in [5.74, 6) is 2.12. The number of hydrogen-bond acceptors (Lipinski definition) is 6. The molecule has 0 fully saturated rings. The van der Waals surface area contributed by atoms with Crippen molar-refractivity contribution in [3.05, 3.63) is 77.8 Å². The van der Waals surface area contributed by atoms with Crippen molar-refractivity contribution in [1.82, 2.24) is 29.1 Å². The molecule has 0 atom stereocenters. The van der Waals surface area contributed by atoms with Gasteiger partial charge in [0, 0.05) is 24.6 Å². The molecule has 0 bridgehead atoms. The first kappa shape index (κ1) is 19.0. The van der Waals surface area contributed by atoms with E-state index in [-0.39, 0.29) is 6.61 Å². The molecule has 0 spiro atoms. The highest BCUT2D eigenvalue weighted by atomic mass is 16.5. The van der Waals surface area contributed by atoms with Crippen LogP contribution in [0.1, 0.15) is 22.6 Å². The predicted molar refractivity (Wildman–Crippen MR) is 116 cm³/mol. The maximum absolute atomic E-state index is 5.85. The second-order valence-corrected chi connectivity index (χ2v) is 7.36. The van der Waals surface area contributed by atoms with Crippen LogP contribution in [0.3, 0.4) is 0 Å². The lowest BCUT2D eigenvalue weighted by Gasteiger charge is -2.07. The summed E-state index contributed by atoms with van der Waals surface area (Å²) in [5.41, 5.74) is 5.16. The molecule has 5 aromatic rings. The number of aromatic nitrogens is 6. The molecule has 0 aliphatic heterocycles. The molecule has 0 N–H and O–H groups in total. The zero-order chi connectivity index (χ0) is 21.4. The van der Waals surface area contributed by atoms with E-state index in [9.17, 15) is 0 Å². The summed E-state index contributed by atoms with van der Waals surface area (Å²) in [6.45, 7) is 5.21. The molecule has 0 unspecified atom stereocenters. The molecule has 8 nitrogen and oxygen atoms in total. The van der Waals surface area contributed by atoms with Crippen LogP contribution < -0.4 is 9.47 Å². The third-order valence-electron chi connectivity index (χ3n) is 5.51. The number of rotatable bonds is 6. The Morgan fingerprint density at radius 1 is 0.935 bits per heavy atom. The highest BCUT2D eigenvalue weighted by Crippen LogP contribution is 2.27. The van der Waals surface area contributed by atoms with E-state index in [4.69, 9.17) is 19.4 Å². The van der Waals surface area contributed by atoms with Gasteiger partial charge < -0.3 is 14.0 Å². The van der Waals surface area contributed by atoms with Gasteiger partial charge in [0.2, 0.25) is 0 Å². The number of ether oxygens (including phenoxy) is 2. The van der Waals surface area contributed by atoms with Gasteiger partial charge in [0.25, 0.3) is 0 Å². The van der Waals surface area contributed by atoms with Gasteiger partial charge in [0.05, 0.1) is 12.5 Å². The molecule has 0 saturated carbocycles. The molecule has 0 saturated heterocycles. The van der Waals surface area contributed by atoms with Crippen molar-refractivity contribution in [3.8, 4) is 11.5 Å². The Bertz CT molecular complexity index is 1360. The molecular weight excluding hydrogens is 392 g/mol. The zero-order valence-corrected chi connectivity index (χ0v) is 17.6. The van der Waals surface area contributed by atoms with E-state index < -0.39 is 0 Å². The average Bonchev–Trinajstić information content (AvgIpc) is 3.33. The molecule has 156 valence electrons. The summed E-state index contributed by atoms with van der Waals surface area (Å²) < 4.78 is 15.0. The van der Waals surface area contributed by atoms with Crippen molar-refractivity contribution < 1.29 is 9.47 Å². The van der Waals surface area contributed by atoms with Gasteiger partial charge in [-0.15, -0.1) is 5.10 Å². The molecule has 0 radical (unpaired) electrons. The second kappa shape index (κ2) is 7.71. The molecule has 4 heterocycles. The Labute approximate surface area is 179 Å². The standard InChI is InChI=1S/C23H22N6O2/c1-15-16(2)28(12-17-8-10-24-11-9-17)22-21(15)23-26-20(27-29(23)14-25-22)13-31-19-6-4-18(30-3)5-7-19/h4-11,14H,12-13H2,1-3H3. The Balaban J connectivity index is 1.48. The van der Waals surface area contributed by atoms with Crippen LogP contribution in [-0.2, 0) is 13.2 Å². The first-order valence-electron chi connectivity index (χ1n) is 9.99. The summed E-state index contributed by atoms with van der Waals surface area (Å²) in [5, 5.41) is 5.56. The minimum absolute atomic E-state index is 0.269. The molecule has 5 rings (SSSR count). The van der Waals surface area contributed by atoms with Crippen LogP contribution >= 0.6 is 0 Å². The molecule has 1 aromatic carbocycles. The smallest absolute Gasteiger partial charge is 0.189 e. The quantitative estimate of drug-likeness (QED) is 0.421. The fraction of sp³-hybridized carbons (Fsp3) is 0.217. The van der Waals surface area contributed by atoms with Gasteiger partial charge in [-0.05, 0) is 61.4 Å². The van der Waals surface area contributed by atoms with Crippen LogP contribution in [0.2, 0.25) is 0 Å². The number of hydrogen-bond donors (Lipinski definition) is 0. The van der Waals surface area contributed by atoms with Crippen molar-refractivity contribution in [2.24, 2.45) is 0 Å². The van der Waals surface area contributed by atoms with Crippen molar-refractivity contribution in [3.63, 3.8) is 0 Å². The summed E-state index contributed by atoms with van der Waals surface area (Å²) >= 11 is 0. The molecule has 8 heteroatoms. The fourth-order valence-corrected chi connectivity index (χ4v) is 3.72. The highest BCUT2D eigenvalue weighted by molar-refractivity contribution is 5.93. The Morgan fingerprint density at radius 3 is 2.42 bits per heavy atom. The van der Waals surface area contributed by atoms with E-state index >= 15 is 0 Å². The molecule has 0 amide bonds. The Hall–Kier alpha value is -3.94. The minimum Gasteiger partial charge on any atom is -0.497 e. The van der Waals surface area contributed by atoms with E-state index in [0.717, 1.165) is 46.0 Å². The minimum atomic E-state index is 0.269. The number of aryl methyl sites for hydroxylation is 1. The zero-order valence-electron chi connectivity index (χ0n) is 17.6. The maximum atomic E-state index is 5.85. The highest BCUT2D eigenvalue weighted by Gasteiger charge is 2.18. The van der Waals surface area contributed by atoms with Crippen LogP contribution in [0.15, 0.2) is 55.1 Å². The fourth-order valence-electron chi connectivity index (χ4n) is 3.72. The first-order chi connectivity index (χ1) is 15.1. The van der Waals surface area contributed by atoms with Crippen molar-refractivity contribution >= 4 is 16.7 Å². The van der Waals surface area contributed by atoms with Gasteiger partial charge >= 0.3 is 0 Å². The Kier molecular flexibility index (Phi) is 4.74. The topological polar surface area (TPSA) is 79.4 Å². The SMILES string of the molecule is COc1ccc(OCc2nc3c4c(C)c(C)n(Cc5ccncc5)c4ncn3n2)cc1. The second-order valence-electron chi connectivity index (χ2n) is 7.36. The third-order valence-corrected chi connectivity index (χ3v) is 5.51. The van der Waals surface area contributed by atoms with Gasteiger partial charge in [0.1, 0.15) is 30.1 Å². The van der Waals surface area contributed by atoms with Crippen molar-refractivity contribution in [1.29, 1.82) is 0 Å². The van der Waals surface area contributed by atoms with Crippen LogP contribution in [0.5, 0.6) is 11.5 Å². The van der Waals surface area contributed by atoms with E-state index in [1.807, 2.05) is 48.8 Å². The summed E-state index contributed by atoms with van der Waals surface area (Å²) in [6, 6.07) is 11.5. The number of nitrogens with zero attached hydrogens (tertiary/aromatic N) is 6. The van der Waals surface area contributed by atoms with Crippen LogP contribution in [-0.4, -0.2) is 36.2 Å². The lowest BCUT2D eigenvalue weighted by Crippen LogP contribution is -2.03. The molecule has 31 heavy (non-hydrogen) atoms. The van der Waals surface area contributed by atoms with E-state index in [2.05, 4.69) is 28.5 Å². The first-order valence-corrected chi connectivity index (χ1v) is 9.99. The number of pyridine rings is 1. The summed E-state index contributed by atoms with van der Waals surface area (Å²) in [4.78, 5) is 13.5. The van der Waals surface area contributed by atoms with E-state index in [0.29, 0.717) is 5.82 Å². The van der Waals surface area contributed by atoms with Gasteiger partial charge in [0.15, 0.2) is 11.5 Å². The van der Waals surface area contributed by atoms with Crippen LogP contribution in [0.25, 0.3) is 16.7 Å². The van der Waals surface area contributed by atoms with Gasteiger partial charge in [-0.25, -0.2) is 14.5 Å². The monoisotopic (exact) mass is 414 g/mol. The molecule has 0 aliphatic carbocycles. The summed E-state index contributed by atoms with van der Waals surface area (Å²) in [7, 11) is 1.64. The maximum Gasteiger partial charge on any atom is 0.189 e. The number of benzene rings is 1. The normalized spacial score (nSPS) is 11.3. The molecule has 4 aromatic heterocycles. The van der Waals surface area contributed by atoms with E-state index in [1.54, 1.807) is 18.0 Å². The van der Waals surface area contributed by atoms with Crippen LogP contribution in [0.4, 0.5) is 0 Å². The van der Waals surface area contributed by atoms with Gasteiger partial charge in [-0.1, -0.05) is 0 Å². The molecular formula is C23H22N6O2.